The molecule has 2 heteroatoms. The van der Waals surface area contributed by atoms with Crippen molar-refractivity contribution in [1.82, 2.24) is 4.98 Å². The Labute approximate surface area is 60.1 Å². The van der Waals surface area contributed by atoms with E-state index in [1.165, 1.54) is 0 Å². The average Bonchev–Trinajstić information content (AvgIpc) is 1.95. The van der Waals surface area contributed by atoms with Crippen LogP contribution in [0, 0.1) is 19.3 Å². The van der Waals surface area contributed by atoms with Gasteiger partial charge in [0, 0.05) is 17.3 Å². The fourth-order valence-electron chi connectivity index (χ4n) is 0.708. The first-order valence-electron chi connectivity index (χ1n) is 2.93. The number of pyridine rings is 1. The van der Waals surface area contributed by atoms with Gasteiger partial charge in [0.15, 0.2) is 0 Å². The van der Waals surface area contributed by atoms with E-state index < -0.39 is 0 Å². The molecule has 0 unspecified atom stereocenters. The van der Waals surface area contributed by atoms with E-state index >= 15 is 0 Å². The molecule has 0 atom stereocenters. The number of terminal acetylenes is 1. The van der Waals surface area contributed by atoms with Gasteiger partial charge in [-0.3, -0.25) is 0 Å². The maximum atomic E-state index is 5.49. The van der Waals surface area contributed by atoms with Crippen LogP contribution in [0.15, 0.2) is 12.3 Å². The lowest BCUT2D eigenvalue weighted by atomic mass is 10.1. The molecule has 1 rings (SSSR count). The van der Waals surface area contributed by atoms with Gasteiger partial charge in [-0.15, -0.1) is 6.42 Å². The predicted molar refractivity (Wildman–Crippen MR) is 41.3 cm³/mol. The summed E-state index contributed by atoms with van der Waals surface area (Å²) in [6.07, 6.45) is 6.79. The van der Waals surface area contributed by atoms with E-state index in [-0.39, 0.29) is 0 Å². The fraction of sp³-hybridized carbons (Fsp3) is 0.125. The number of nitrogens with zero attached hydrogens (tertiary/aromatic N) is 1. The number of hydrogen-bond donors (Lipinski definition) is 1. The standard InChI is InChI=1S/C8H8N2/c1-3-7-4-5-10-8(9)6(7)2/h1,4-5H,2H3,(H2,9,10). The Morgan fingerprint density at radius 1 is 1.70 bits per heavy atom. The molecule has 0 aliphatic carbocycles. The second kappa shape index (κ2) is 2.40. The van der Waals surface area contributed by atoms with E-state index in [0.29, 0.717) is 5.82 Å². The molecule has 1 aromatic rings. The molecule has 0 saturated carbocycles. The molecule has 0 aromatic carbocycles. The summed E-state index contributed by atoms with van der Waals surface area (Å²) >= 11 is 0. The molecule has 2 nitrogen and oxygen atoms in total. The number of anilines is 1. The third-order valence-electron chi connectivity index (χ3n) is 1.40. The van der Waals surface area contributed by atoms with Crippen molar-refractivity contribution in [3.63, 3.8) is 0 Å². The number of nitrogen functional groups attached to an aromatic ring is 1. The minimum atomic E-state index is 0.510. The Morgan fingerprint density at radius 3 is 2.90 bits per heavy atom. The maximum Gasteiger partial charge on any atom is 0.127 e. The van der Waals surface area contributed by atoms with Gasteiger partial charge < -0.3 is 5.73 Å². The summed E-state index contributed by atoms with van der Waals surface area (Å²) in [4.78, 5) is 3.87. The van der Waals surface area contributed by atoms with Gasteiger partial charge in [-0.05, 0) is 13.0 Å². The minimum absolute atomic E-state index is 0.510. The van der Waals surface area contributed by atoms with Crippen LogP contribution < -0.4 is 5.73 Å². The van der Waals surface area contributed by atoms with Crippen molar-refractivity contribution in [2.45, 2.75) is 6.92 Å². The van der Waals surface area contributed by atoms with Gasteiger partial charge in [0.2, 0.25) is 0 Å². The Morgan fingerprint density at radius 2 is 2.40 bits per heavy atom. The van der Waals surface area contributed by atoms with E-state index in [1.807, 2.05) is 6.92 Å². The lowest BCUT2D eigenvalue weighted by Crippen LogP contribution is -1.95. The summed E-state index contributed by atoms with van der Waals surface area (Å²) in [5.41, 5.74) is 7.18. The molecule has 0 spiro atoms. The topological polar surface area (TPSA) is 38.9 Å². The molecule has 0 aliphatic rings. The summed E-state index contributed by atoms with van der Waals surface area (Å²) in [6.45, 7) is 1.86. The monoisotopic (exact) mass is 132 g/mol. The zero-order chi connectivity index (χ0) is 7.56. The molecular weight excluding hydrogens is 124 g/mol. The van der Waals surface area contributed by atoms with Crippen LogP contribution in [0.3, 0.4) is 0 Å². The van der Waals surface area contributed by atoms with Crippen LogP contribution in [-0.4, -0.2) is 4.98 Å². The molecule has 0 aliphatic heterocycles. The zero-order valence-electron chi connectivity index (χ0n) is 5.76. The SMILES string of the molecule is C#Cc1ccnc(N)c1C. The highest BCUT2D eigenvalue weighted by Crippen LogP contribution is 2.10. The van der Waals surface area contributed by atoms with Crippen molar-refractivity contribution in [3.8, 4) is 12.3 Å². The van der Waals surface area contributed by atoms with Gasteiger partial charge >= 0.3 is 0 Å². The van der Waals surface area contributed by atoms with Crippen molar-refractivity contribution in [2.75, 3.05) is 5.73 Å². The van der Waals surface area contributed by atoms with Crippen LogP contribution in [0.5, 0.6) is 0 Å². The van der Waals surface area contributed by atoms with Crippen molar-refractivity contribution in [1.29, 1.82) is 0 Å². The summed E-state index contributed by atoms with van der Waals surface area (Å²) in [5, 5.41) is 0. The molecule has 1 aromatic heterocycles. The molecule has 10 heavy (non-hydrogen) atoms. The van der Waals surface area contributed by atoms with Crippen LogP contribution in [-0.2, 0) is 0 Å². The Balaban J connectivity index is 3.31. The van der Waals surface area contributed by atoms with Crippen molar-refractivity contribution < 1.29 is 0 Å². The molecule has 0 radical (unpaired) electrons. The van der Waals surface area contributed by atoms with Crippen molar-refractivity contribution in [3.05, 3.63) is 23.4 Å². The van der Waals surface area contributed by atoms with Crippen LogP contribution >= 0.6 is 0 Å². The van der Waals surface area contributed by atoms with Crippen LogP contribution in [0.4, 0.5) is 5.82 Å². The maximum absolute atomic E-state index is 5.49. The van der Waals surface area contributed by atoms with E-state index in [0.717, 1.165) is 11.1 Å². The summed E-state index contributed by atoms with van der Waals surface area (Å²) in [5.74, 6) is 3.03. The molecule has 0 saturated heterocycles. The Bertz CT molecular complexity index is 284. The average molecular weight is 132 g/mol. The molecule has 1 heterocycles. The largest absolute Gasteiger partial charge is 0.383 e. The van der Waals surface area contributed by atoms with Crippen LogP contribution in [0.25, 0.3) is 0 Å². The van der Waals surface area contributed by atoms with Gasteiger partial charge in [0.25, 0.3) is 0 Å². The third-order valence-corrected chi connectivity index (χ3v) is 1.40. The highest BCUT2D eigenvalue weighted by Gasteiger charge is 1.96. The molecule has 0 bridgehead atoms. The number of hydrogen-bond acceptors (Lipinski definition) is 2. The quantitative estimate of drug-likeness (QED) is 0.534. The third kappa shape index (κ3) is 0.939. The van der Waals surface area contributed by atoms with Gasteiger partial charge in [-0.25, -0.2) is 4.98 Å². The first kappa shape index (κ1) is 6.63. The first-order chi connectivity index (χ1) is 4.75. The summed E-state index contributed by atoms with van der Waals surface area (Å²) in [6, 6.07) is 1.77. The lowest BCUT2D eigenvalue weighted by Gasteiger charge is -1.98. The molecule has 0 amide bonds. The van der Waals surface area contributed by atoms with E-state index in [2.05, 4.69) is 10.9 Å². The summed E-state index contributed by atoms with van der Waals surface area (Å²) < 4.78 is 0. The molecule has 0 fully saturated rings. The van der Waals surface area contributed by atoms with Gasteiger partial charge in [0.1, 0.15) is 5.82 Å². The first-order valence-corrected chi connectivity index (χ1v) is 2.93. The lowest BCUT2D eigenvalue weighted by molar-refractivity contribution is 1.27. The van der Waals surface area contributed by atoms with Crippen molar-refractivity contribution >= 4 is 5.82 Å². The van der Waals surface area contributed by atoms with E-state index in [1.54, 1.807) is 12.3 Å². The molecule has 2 N–H and O–H groups in total. The minimum Gasteiger partial charge on any atom is -0.383 e. The van der Waals surface area contributed by atoms with Gasteiger partial charge in [-0.1, -0.05) is 5.92 Å². The smallest absolute Gasteiger partial charge is 0.127 e. The summed E-state index contributed by atoms with van der Waals surface area (Å²) in [7, 11) is 0. The zero-order valence-corrected chi connectivity index (χ0v) is 5.76. The number of aromatic nitrogens is 1. The highest BCUT2D eigenvalue weighted by atomic mass is 14.8. The molecular formula is C8H8N2. The normalized spacial score (nSPS) is 8.80. The Hall–Kier alpha value is -1.49. The highest BCUT2D eigenvalue weighted by molar-refractivity contribution is 5.49. The number of nitrogens with two attached hydrogens (primary N) is 1. The van der Waals surface area contributed by atoms with Crippen molar-refractivity contribution in [2.24, 2.45) is 0 Å². The molecule has 50 valence electrons. The Kier molecular flexibility index (Phi) is 1.59. The second-order valence-corrected chi connectivity index (χ2v) is 2.01. The second-order valence-electron chi connectivity index (χ2n) is 2.01. The van der Waals surface area contributed by atoms with Gasteiger partial charge in [-0.2, -0.15) is 0 Å². The van der Waals surface area contributed by atoms with Crippen LogP contribution in [0.2, 0.25) is 0 Å². The van der Waals surface area contributed by atoms with E-state index in [9.17, 15) is 0 Å². The van der Waals surface area contributed by atoms with Gasteiger partial charge in [0.05, 0.1) is 0 Å². The predicted octanol–water partition coefficient (Wildman–Crippen LogP) is 0.954. The van der Waals surface area contributed by atoms with E-state index in [4.69, 9.17) is 12.2 Å². The van der Waals surface area contributed by atoms with Crippen LogP contribution in [0.1, 0.15) is 11.1 Å². The fourth-order valence-corrected chi connectivity index (χ4v) is 0.708. The number of rotatable bonds is 0.